The SMILES string of the molecule is COc1ccc(C(C)(N)O)cc1.O=S(=O)(O)O. The molecule has 0 saturated carbocycles. The summed E-state index contributed by atoms with van der Waals surface area (Å²) in [6, 6.07) is 6.99. The minimum Gasteiger partial charge on any atom is -0.497 e. The number of nitrogens with two attached hydrogens (primary N) is 1. The third kappa shape index (κ3) is 8.60. The maximum Gasteiger partial charge on any atom is 0.394 e. The average Bonchev–Trinajstić information content (AvgIpc) is 2.14. The van der Waals surface area contributed by atoms with Crippen molar-refractivity contribution < 1.29 is 27.4 Å². The zero-order valence-corrected chi connectivity index (χ0v) is 10.2. The van der Waals surface area contributed by atoms with Crippen molar-refractivity contribution in [2.24, 2.45) is 5.73 Å². The lowest BCUT2D eigenvalue weighted by Gasteiger charge is -2.17. The Kier molecular flexibility index (Phi) is 5.52. The van der Waals surface area contributed by atoms with Crippen molar-refractivity contribution in [3.63, 3.8) is 0 Å². The van der Waals surface area contributed by atoms with Gasteiger partial charge in [0.2, 0.25) is 0 Å². The van der Waals surface area contributed by atoms with Crippen molar-refractivity contribution in [2.45, 2.75) is 12.6 Å². The van der Waals surface area contributed by atoms with E-state index in [9.17, 15) is 5.11 Å². The van der Waals surface area contributed by atoms with Gasteiger partial charge in [0.05, 0.1) is 7.11 Å². The molecule has 5 N–H and O–H groups in total. The van der Waals surface area contributed by atoms with Crippen LogP contribution in [0.1, 0.15) is 12.5 Å². The van der Waals surface area contributed by atoms with E-state index in [1.807, 2.05) is 0 Å². The Morgan fingerprint density at radius 1 is 1.24 bits per heavy atom. The Morgan fingerprint density at radius 2 is 1.59 bits per heavy atom. The second-order valence-corrected chi connectivity index (χ2v) is 4.22. The summed E-state index contributed by atoms with van der Waals surface area (Å²) in [5, 5.41) is 9.39. The average molecular weight is 265 g/mol. The molecule has 1 unspecified atom stereocenters. The molecular formula is C9H15NO6S. The van der Waals surface area contributed by atoms with Crippen molar-refractivity contribution in [3.05, 3.63) is 29.8 Å². The van der Waals surface area contributed by atoms with E-state index in [0.29, 0.717) is 5.56 Å². The molecule has 1 aromatic carbocycles. The largest absolute Gasteiger partial charge is 0.497 e. The van der Waals surface area contributed by atoms with Crippen LogP contribution < -0.4 is 10.5 Å². The van der Waals surface area contributed by atoms with Gasteiger partial charge >= 0.3 is 10.4 Å². The van der Waals surface area contributed by atoms with Crippen LogP contribution in [-0.4, -0.2) is 29.7 Å². The molecule has 0 spiro atoms. The lowest BCUT2D eigenvalue weighted by Crippen LogP contribution is -2.31. The van der Waals surface area contributed by atoms with E-state index in [1.165, 1.54) is 6.92 Å². The summed E-state index contributed by atoms with van der Waals surface area (Å²) in [5.41, 5.74) is 4.86. The molecule has 0 aliphatic heterocycles. The first-order chi connectivity index (χ1) is 7.54. The fourth-order valence-electron chi connectivity index (χ4n) is 0.928. The Bertz CT molecular complexity index is 426. The monoisotopic (exact) mass is 265 g/mol. The van der Waals surface area contributed by atoms with Crippen molar-refractivity contribution in [3.8, 4) is 5.75 Å². The summed E-state index contributed by atoms with van der Waals surface area (Å²) in [5.74, 6) is 0.753. The predicted molar refractivity (Wildman–Crippen MR) is 60.9 cm³/mol. The van der Waals surface area contributed by atoms with E-state index in [1.54, 1.807) is 31.4 Å². The predicted octanol–water partition coefficient (Wildman–Crippen LogP) is 0.166. The fourth-order valence-corrected chi connectivity index (χ4v) is 0.928. The first-order valence-electron chi connectivity index (χ1n) is 4.39. The van der Waals surface area contributed by atoms with Gasteiger partial charge in [-0.1, -0.05) is 12.1 Å². The third-order valence-electron chi connectivity index (χ3n) is 1.67. The lowest BCUT2D eigenvalue weighted by molar-refractivity contribution is 0.0647. The molecule has 0 aromatic heterocycles. The summed E-state index contributed by atoms with van der Waals surface area (Å²) in [6.07, 6.45) is 0. The zero-order valence-electron chi connectivity index (χ0n) is 9.36. The van der Waals surface area contributed by atoms with Crippen LogP contribution in [0.3, 0.4) is 0 Å². The molecule has 0 heterocycles. The molecule has 1 rings (SSSR count). The molecule has 0 amide bonds. The minimum atomic E-state index is -4.67. The molecule has 1 aromatic rings. The second-order valence-electron chi connectivity index (χ2n) is 3.32. The highest BCUT2D eigenvalue weighted by atomic mass is 32.3. The van der Waals surface area contributed by atoms with Crippen molar-refractivity contribution in [1.29, 1.82) is 0 Å². The van der Waals surface area contributed by atoms with E-state index in [0.717, 1.165) is 5.75 Å². The number of hydrogen-bond donors (Lipinski definition) is 4. The molecule has 0 bridgehead atoms. The van der Waals surface area contributed by atoms with E-state index >= 15 is 0 Å². The Balaban J connectivity index is 0.000000437. The highest BCUT2D eigenvalue weighted by Gasteiger charge is 2.15. The maximum atomic E-state index is 9.39. The molecule has 0 aliphatic carbocycles. The van der Waals surface area contributed by atoms with Gasteiger partial charge in [-0.15, -0.1) is 0 Å². The molecule has 0 saturated heterocycles. The number of hydrogen-bond acceptors (Lipinski definition) is 5. The van der Waals surface area contributed by atoms with Crippen LogP contribution in [-0.2, 0) is 16.1 Å². The molecule has 17 heavy (non-hydrogen) atoms. The molecule has 8 heteroatoms. The van der Waals surface area contributed by atoms with Gasteiger partial charge in [-0.2, -0.15) is 8.42 Å². The van der Waals surface area contributed by atoms with Gasteiger partial charge < -0.3 is 15.6 Å². The normalized spacial score (nSPS) is 14.2. The molecule has 1 atom stereocenters. The van der Waals surface area contributed by atoms with Crippen molar-refractivity contribution >= 4 is 10.4 Å². The summed E-state index contributed by atoms with van der Waals surface area (Å²) in [6.45, 7) is 1.54. The number of benzene rings is 1. The molecule has 0 aliphatic rings. The smallest absolute Gasteiger partial charge is 0.394 e. The summed E-state index contributed by atoms with van der Waals surface area (Å²) >= 11 is 0. The Hall–Kier alpha value is -1.19. The van der Waals surface area contributed by atoms with Crippen LogP contribution in [0.5, 0.6) is 5.75 Å². The van der Waals surface area contributed by atoms with Gasteiger partial charge in [0.1, 0.15) is 11.5 Å². The van der Waals surface area contributed by atoms with Crippen molar-refractivity contribution in [2.75, 3.05) is 7.11 Å². The Morgan fingerprint density at radius 3 is 1.82 bits per heavy atom. The number of rotatable bonds is 2. The van der Waals surface area contributed by atoms with Crippen LogP contribution in [0.15, 0.2) is 24.3 Å². The number of methoxy groups -OCH3 is 1. The topological polar surface area (TPSA) is 130 Å². The molecule has 0 radical (unpaired) electrons. The quantitative estimate of drug-likeness (QED) is 0.442. The Labute approximate surface area is 99.4 Å². The highest BCUT2D eigenvalue weighted by Crippen LogP contribution is 2.17. The summed E-state index contributed by atoms with van der Waals surface area (Å²) in [7, 11) is -3.07. The maximum absolute atomic E-state index is 9.39. The van der Waals surface area contributed by atoms with E-state index < -0.39 is 16.1 Å². The van der Waals surface area contributed by atoms with Crippen LogP contribution in [0.2, 0.25) is 0 Å². The second kappa shape index (κ2) is 5.94. The first kappa shape index (κ1) is 15.8. The van der Waals surface area contributed by atoms with Gasteiger partial charge in [0, 0.05) is 0 Å². The molecule has 0 fully saturated rings. The standard InChI is InChI=1S/C9H13NO2.H2O4S/c1-9(10,11)7-3-5-8(12-2)6-4-7;1-5(2,3)4/h3-6,11H,10H2,1-2H3;(H2,1,2,3,4). The number of aliphatic hydroxyl groups is 1. The van der Waals surface area contributed by atoms with Gasteiger partial charge in [-0.3, -0.25) is 9.11 Å². The summed E-state index contributed by atoms with van der Waals surface area (Å²) in [4.78, 5) is 0. The van der Waals surface area contributed by atoms with Gasteiger partial charge in [0.15, 0.2) is 0 Å². The highest BCUT2D eigenvalue weighted by molar-refractivity contribution is 7.79. The van der Waals surface area contributed by atoms with Gasteiger partial charge in [-0.25, -0.2) is 0 Å². The molecular weight excluding hydrogens is 250 g/mol. The van der Waals surface area contributed by atoms with Crippen LogP contribution in [0, 0.1) is 0 Å². The van der Waals surface area contributed by atoms with E-state index in [2.05, 4.69) is 0 Å². The van der Waals surface area contributed by atoms with E-state index in [-0.39, 0.29) is 0 Å². The van der Waals surface area contributed by atoms with Gasteiger partial charge in [0.25, 0.3) is 0 Å². The summed E-state index contributed by atoms with van der Waals surface area (Å²) < 4.78 is 36.5. The lowest BCUT2D eigenvalue weighted by atomic mass is 10.1. The molecule has 98 valence electrons. The zero-order chi connectivity index (χ0) is 13.7. The molecule has 7 nitrogen and oxygen atoms in total. The third-order valence-corrected chi connectivity index (χ3v) is 1.67. The van der Waals surface area contributed by atoms with Crippen LogP contribution in [0.25, 0.3) is 0 Å². The minimum absolute atomic E-state index is 0.670. The van der Waals surface area contributed by atoms with Crippen LogP contribution in [0.4, 0.5) is 0 Å². The van der Waals surface area contributed by atoms with E-state index in [4.69, 9.17) is 28.0 Å². The van der Waals surface area contributed by atoms with Crippen LogP contribution >= 0.6 is 0 Å². The van der Waals surface area contributed by atoms with Crippen molar-refractivity contribution in [1.82, 2.24) is 0 Å². The fraction of sp³-hybridized carbons (Fsp3) is 0.333. The first-order valence-corrected chi connectivity index (χ1v) is 5.79. The van der Waals surface area contributed by atoms with Gasteiger partial charge in [-0.05, 0) is 24.6 Å². The number of ether oxygens (including phenoxy) is 1.